The van der Waals surface area contributed by atoms with E-state index in [0.29, 0.717) is 10.8 Å². The maximum absolute atomic E-state index is 12.8. The van der Waals surface area contributed by atoms with E-state index in [9.17, 15) is 4.79 Å². The van der Waals surface area contributed by atoms with Crippen LogP contribution in [0.15, 0.2) is 78.9 Å². The minimum absolute atomic E-state index is 0.112. The number of anilines is 1. The van der Waals surface area contributed by atoms with Crippen molar-refractivity contribution < 1.29 is 14.3 Å². The van der Waals surface area contributed by atoms with Crippen molar-refractivity contribution in [1.29, 1.82) is 0 Å². The van der Waals surface area contributed by atoms with Crippen LogP contribution >= 0.6 is 11.6 Å². The molecule has 3 aromatic rings. The smallest absolute Gasteiger partial charge is 0.329 e. The Morgan fingerprint density at radius 2 is 1.67 bits per heavy atom. The van der Waals surface area contributed by atoms with Crippen LogP contribution in [0.4, 0.5) is 5.69 Å². The van der Waals surface area contributed by atoms with Crippen molar-refractivity contribution in [2.75, 3.05) is 5.32 Å². The molecule has 0 aliphatic heterocycles. The molecule has 0 fully saturated rings. The first-order valence-corrected chi connectivity index (χ1v) is 10.4. The molecule has 0 unspecified atom stereocenters. The van der Waals surface area contributed by atoms with E-state index in [2.05, 4.69) is 12.2 Å². The molecule has 2 atom stereocenters. The summed E-state index contributed by atoms with van der Waals surface area (Å²) in [7, 11) is 0. The Hall–Kier alpha value is -2.98. The van der Waals surface area contributed by atoms with Crippen LogP contribution in [-0.2, 0) is 16.1 Å². The average molecular weight is 424 g/mol. The highest BCUT2D eigenvalue weighted by Crippen LogP contribution is 2.23. The Morgan fingerprint density at radius 1 is 0.967 bits per heavy atom. The second-order valence-corrected chi connectivity index (χ2v) is 7.62. The van der Waals surface area contributed by atoms with Gasteiger partial charge in [0.2, 0.25) is 0 Å². The van der Waals surface area contributed by atoms with Gasteiger partial charge in [0.05, 0.1) is 0 Å². The van der Waals surface area contributed by atoms with Gasteiger partial charge in [-0.25, -0.2) is 4.79 Å². The fraction of sp³-hybridized carbons (Fsp3) is 0.240. The molecule has 0 bridgehead atoms. The topological polar surface area (TPSA) is 47.6 Å². The summed E-state index contributed by atoms with van der Waals surface area (Å²) in [5.41, 5.74) is 1.70. The summed E-state index contributed by atoms with van der Waals surface area (Å²) in [5.74, 6) is 1.29. The molecule has 0 spiro atoms. The van der Waals surface area contributed by atoms with Crippen molar-refractivity contribution >= 4 is 23.3 Å². The van der Waals surface area contributed by atoms with Crippen LogP contribution in [0.2, 0.25) is 5.02 Å². The Kier molecular flexibility index (Phi) is 7.75. The van der Waals surface area contributed by atoms with E-state index in [0.717, 1.165) is 23.4 Å². The number of benzene rings is 3. The van der Waals surface area contributed by atoms with Gasteiger partial charge in [-0.2, -0.15) is 0 Å². The van der Waals surface area contributed by atoms with Gasteiger partial charge in [-0.3, -0.25) is 0 Å². The summed E-state index contributed by atoms with van der Waals surface area (Å²) < 4.78 is 11.5. The second kappa shape index (κ2) is 10.7. The molecule has 0 heterocycles. The SMILES string of the molecule is CC[C@H](C)[C@H](Nc1ccc(Cl)cc1)C(=O)OCc1cccc(Oc2ccccc2)c1. The first kappa shape index (κ1) is 21.7. The zero-order valence-electron chi connectivity index (χ0n) is 17.2. The zero-order chi connectivity index (χ0) is 21.3. The summed E-state index contributed by atoms with van der Waals surface area (Å²) in [6, 6.07) is 24.0. The Labute approximate surface area is 182 Å². The Balaban J connectivity index is 1.63. The molecule has 0 amide bonds. The number of rotatable bonds is 9. The molecule has 0 radical (unpaired) electrons. The lowest BCUT2D eigenvalue weighted by Crippen LogP contribution is -2.37. The molecule has 0 saturated carbocycles. The fourth-order valence-electron chi connectivity index (χ4n) is 2.96. The number of hydrogen-bond acceptors (Lipinski definition) is 4. The lowest BCUT2D eigenvalue weighted by Gasteiger charge is -2.24. The van der Waals surface area contributed by atoms with Gasteiger partial charge in [-0.15, -0.1) is 0 Å². The number of para-hydroxylation sites is 1. The van der Waals surface area contributed by atoms with Gasteiger partial charge in [0.25, 0.3) is 0 Å². The summed E-state index contributed by atoms with van der Waals surface area (Å²) in [4.78, 5) is 12.8. The van der Waals surface area contributed by atoms with E-state index in [4.69, 9.17) is 21.1 Å². The molecule has 1 N–H and O–H groups in total. The van der Waals surface area contributed by atoms with Crippen molar-refractivity contribution in [1.82, 2.24) is 0 Å². The van der Waals surface area contributed by atoms with Gasteiger partial charge in [0.1, 0.15) is 24.1 Å². The van der Waals surface area contributed by atoms with E-state index in [1.165, 1.54) is 0 Å². The molecule has 0 aromatic heterocycles. The molecule has 156 valence electrons. The van der Waals surface area contributed by atoms with Gasteiger partial charge in [0.15, 0.2) is 0 Å². The first-order chi connectivity index (χ1) is 14.5. The number of ether oxygens (including phenoxy) is 2. The fourth-order valence-corrected chi connectivity index (χ4v) is 3.09. The van der Waals surface area contributed by atoms with E-state index >= 15 is 0 Å². The Morgan fingerprint density at radius 3 is 2.37 bits per heavy atom. The summed E-state index contributed by atoms with van der Waals surface area (Å²) in [6.07, 6.45) is 0.848. The molecule has 0 aliphatic rings. The molecule has 0 saturated heterocycles. The van der Waals surface area contributed by atoms with E-state index < -0.39 is 6.04 Å². The highest BCUT2D eigenvalue weighted by molar-refractivity contribution is 6.30. The third-order valence-electron chi connectivity index (χ3n) is 4.89. The van der Waals surface area contributed by atoms with Crippen molar-refractivity contribution in [3.8, 4) is 11.5 Å². The molecule has 5 heteroatoms. The number of carbonyl (C=O) groups excluding carboxylic acids is 1. The predicted molar refractivity (Wildman–Crippen MR) is 121 cm³/mol. The maximum Gasteiger partial charge on any atom is 0.329 e. The van der Waals surface area contributed by atoms with Crippen LogP contribution in [0.1, 0.15) is 25.8 Å². The monoisotopic (exact) mass is 423 g/mol. The van der Waals surface area contributed by atoms with Crippen molar-refractivity contribution in [3.05, 3.63) is 89.4 Å². The number of halogens is 1. The zero-order valence-corrected chi connectivity index (χ0v) is 17.9. The molecule has 3 aromatic carbocycles. The molecular weight excluding hydrogens is 398 g/mol. The maximum atomic E-state index is 12.8. The van der Waals surface area contributed by atoms with Crippen molar-refractivity contribution in [2.24, 2.45) is 5.92 Å². The third kappa shape index (κ3) is 6.26. The third-order valence-corrected chi connectivity index (χ3v) is 5.14. The minimum atomic E-state index is -0.445. The highest BCUT2D eigenvalue weighted by atomic mass is 35.5. The molecule has 4 nitrogen and oxygen atoms in total. The van der Waals surface area contributed by atoms with Crippen LogP contribution in [0.25, 0.3) is 0 Å². The van der Waals surface area contributed by atoms with Gasteiger partial charge < -0.3 is 14.8 Å². The largest absolute Gasteiger partial charge is 0.459 e. The number of nitrogens with one attached hydrogen (secondary N) is 1. The second-order valence-electron chi connectivity index (χ2n) is 7.18. The first-order valence-electron chi connectivity index (χ1n) is 10.1. The standard InChI is InChI=1S/C25H26ClNO3/c1-3-18(2)24(27-21-14-12-20(26)13-15-21)25(28)29-17-19-8-7-11-23(16-19)30-22-9-5-4-6-10-22/h4-16,18,24,27H,3,17H2,1-2H3/t18-,24-/m0/s1. The summed E-state index contributed by atoms with van der Waals surface area (Å²) in [6.45, 7) is 4.27. The molecule has 0 aliphatic carbocycles. The normalized spacial score (nSPS) is 12.6. The average Bonchev–Trinajstić information content (AvgIpc) is 2.77. The van der Waals surface area contributed by atoms with Gasteiger partial charge >= 0.3 is 5.97 Å². The van der Waals surface area contributed by atoms with Crippen molar-refractivity contribution in [3.63, 3.8) is 0 Å². The highest BCUT2D eigenvalue weighted by Gasteiger charge is 2.25. The van der Waals surface area contributed by atoms with E-state index in [1.807, 2.05) is 73.7 Å². The van der Waals surface area contributed by atoms with Gasteiger partial charge in [-0.05, 0) is 60.0 Å². The number of esters is 1. The van der Waals surface area contributed by atoms with Crippen LogP contribution < -0.4 is 10.1 Å². The molecule has 30 heavy (non-hydrogen) atoms. The molecular formula is C25H26ClNO3. The summed E-state index contributed by atoms with van der Waals surface area (Å²) in [5, 5.41) is 3.93. The van der Waals surface area contributed by atoms with Crippen LogP contribution in [0, 0.1) is 5.92 Å². The predicted octanol–water partition coefficient (Wildman–Crippen LogP) is 6.70. The lowest BCUT2D eigenvalue weighted by molar-refractivity contribution is -0.147. The number of carbonyl (C=O) groups is 1. The van der Waals surface area contributed by atoms with Crippen LogP contribution in [0.5, 0.6) is 11.5 Å². The quantitative estimate of drug-likeness (QED) is 0.389. The van der Waals surface area contributed by atoms with Crippen LogP contribution in [0.3, 0.4) is 0 Å². The van der Waals surface area contributed by atoms with Crippen LogP contribution in [-0.4, -0.2) is 12.0 Å². The number of hydrogen-bond donors (Lipinski definition) is 1. The minimum Gasteiger partial charge on any atom is -0.459 e. The van der Waals surface area contributed by atoms with Gasteiger partial charge in [-0.1, -0.05) is 62.2 Å². The lowest BCUT2D eigenvalue weighted by atomic mass is 9.99. The van der Waals surface area contributed by atoms with Gasteiger partial charge in [0, 0.05) is 10.7 Å². The summed E-state index contributed by atoms with van der Waals surface area (Å²) >= 11 is 5.95. The van der Waals surface area contributed by atoms with Crippen molar-refractivity contribution in [2.45, 2.75) is 32.9 Å². The van der Waals surface area contributed by atoms with E-state index in [-0.39, 0.29) is 18.5 Å². The Bertz CT molecular complexity index is 944. The van der Waals surface area contributed by atoms with E-state index in [1.54, 1.807) is 12.1 Å². The molecule has 3 rings (SSSR count).